The number of unbranched alkanes of at least 4 members (excludes halogenated alkanes) is 2. The number of rotatable bonds is 16. The van der Waals surface area contributed by atoms with E-state index in [1.54, 1.807) is 48.5 Å². The average molecular weight is 569 g/mol. The Hall–Kier alpha value is -4.34. The second kappa shape index (κ2) is 19.7. The number of carboxylic acids is 1. The minimum atomic E-state index is -0.849. The van der Waals surface area contributed by atoms with Crippen LogP contribution in [-0.4, -0.2) is 59.6 Å². The number of ether oxygens (including phenoxy) is 1. The van der Waals surface area contributed by atoms with Crippen LogP contribution in [0.4, 0.5) is 0 Å². The summed E-state index contributed by atoms with van der Waals surface area (Å²) in [6.45, 7) is 2.88. The largest absolute Gasteiger partial charge is 0.481 e. The number of hydrogen-bond acceptors (Lipinski definition) is 7. The summed E-state index contributed by atoms with van der Waals surface area (Å²) in [5, 5.41) is 14.0. The number of methoxy groups -OCH3 is 1. The third kappa shape index (κ3) is 15.1. The molecule has 0 aliphatic rings. The minimum absolute atomic E-state index is 0.0806. The average Bonchev–Trinajstić information content (AvgIpc) is 2.96. The number of hydrogen-bond donors (Lipinski definition) is 3. The van der Waals surface area contributed by atoms with E-state index >= 15 is 0 Å². The molecular weight excluding hydrogens is 528 g/mol. The van der Waals surface area contributed by atoms with Crippen LogP contribution in [0.3, 0.4) is 0 Å². The third-order valence-corrected chi connectivity index (χ3v) is 6.15. The number of carbonyl (C=O) groups excluding carboxylic acids is 5. The molecule has 2 amide bonds. The maximum atomic E-state index is 12.0. The van der Waals surface area contributed by atoms with Crippen LogP contribution in [0.25, 0.3) is 0 Å². The second-order valence-electron chi connectivity index (χ2n) is 9.47. The quantitative estimate of drug-likeness (QED) is 0.202. The molecule has 0 spiro atoms. The lowest BCUT2D eigenvalue weighted by Gasteiger charge is -2.15. The van der Waals surface area contributed by atoms with Gasteiger partial charge in [0.15, 0.2) is 11.6 Å². The zero-order chi connectivity index (χ0) is 30.6. The van der Waals surface area contributed by atoms with Gasteiger partial charge in [-0.2, -0.15) is 0 Å². The Morgan fingerprint density at radius 1 is 0.659 bits per heavy atom. The van der Waals surface area contributed by atoms with Crippen molar-refractivity contribution in [3.8, 4) is 0 Å². The molecule has 0 saturated heterocycles. The molecular formula is C31H40N2O8. The van der Waals surface area contributed by atoms with E-state index in [2.05, 4.69) is 15.4 Å². The number of carboxylic acid groups (broad SMARTS) is 1. The van der Waals surface area contributed by atoms with Gasteiger partial charge in [-0.15, -0.1) is 0 Å². The predicted molar refractivity (Wildman–Crippen MR) is 153 cm³/mol. The summed E-state index contributed by atoms with van der Waals surface area (Å²) in [6.07, 6.45) is 3.79. The van der Waals surface area contributed by atoms with Crippen molar-refractivity contribution in [3.05, 3.63) is 71.8 Å². The van der Waals surface area contributed by atoms with Gasteiger partial charge in [0, 0.05) is 24.0 Å². The van der Waals surface area contributed by atoms with Crippen LogP contribution in [0.2, 0.25) is 0 Å². The smallest absolute Gasteiger partial charge is 0.305 e. The molecule has 10 nitrogen and oxygen atoms in total. The van der Waals surface area contributed by atoms with Crippen LogP contribution in [-0.2, 0) is 23.9 Å². The number of benzene rings is 2. The SMILES string of the molecule is CC(=O)C(CCCCC(=O)O)NC(=O)c1ccccc1.COC(=O)CCCCC(NC(=O)c1ccccc1)C(C)=O. The van der Waals surface area contributed by atoms with Crippen molar-refractivity contribution in [2.45, 2.75) is 77.3 Å². The molecule has 2 unspecified atom stereocenters. The van der Waals surface area contributed by atoms with Crippen LogP contribution in [0.5, 0.6) is 0 Å². The van der Waals surface area contributed by atoms with Crippen molar-refractivity contribution < 1.29 is 38.6 Å². The molecule has 2 atom stereocenters. The number of Topliss-reactive ketones (excluding diaryl/α,β-unsaturated/α-hetero) is 2. The van der Waals surface area contributed by atoms with Crippen LogP contribution in [0, 0.1) is 0 Å². The Morgan fingerprint density at radius 3 is 1.39 bits per heavy atom. The first-order valence-corrected chi connectivity index (χ1v) is 13.6. The highest BCUT2D eigenvalue weighted by Crippen LogP contribution is 2.08. The molecule has 0 heterocycles. The van der Waals surface area contributed by atoms with Crippen molar-refractivity contribution in [2.75, 3.05) is 7.11 Å². The highest BCUT2D eigenvalue weighted by atomic mass is 16.5. The van der Waals surface area contributed by atoms with Crippen LogP contribution >= 0.6 is 0 Å². The van der Waals surface area contributed by atoms with Gasteiger partial charge >= 0.3 is 11.9 Å². The van der Waals surface area contributed by atoms with Gasteiger partial charge in [-0.3, -0.25) is 28.8 Å². The minimum Gasteiger partial charge on any atom is -0.481 e. The number of carbonyl (C=O) groups is 6. The zero-order valence-electron chi connectivity index (χ0n) is 23.9. The van der Waals surface area contributed by atoms with Gasteiger partial charge in [-0.1, -0.05) is 49.2 Å². The molecule has 0 bridgehead atoms. The van der Waals surface area contributed by atoms with E-state index < -0.39 is 18.1 Å². The van der Waals surface area contributed by atoms with Crippen LogP contribution < -0.4 is 10.6 Å². The summed E-state index contributed by atoms with van der Waals surface area (Å²) in [6, 6.07) is 16.4. The predicted octanol–water partition coefficient (Wildman–Crippen LogP) is 4.13. The first kappa shape index (κ1) is 34.7. The Balaban J connectivity index is 0.000000410. The van der Waals surface area contributed by atoms with E-state index in [1.165, 1.54) is 21.0 Å². The molecule has 0 aromatic heterocycles. The summed E-state index contributed by atoms with van der Waals surface area (Å²) in [5.41, 5.74) is 1.03. The lowest BCUT2D eigenvalue weighted by molar-refractivity contribution is -0.141. The molecule has 0 saturated carbocycles. The van der Waals surface area contributed by atoms with E-state index in [0.717, 1.165) is 0 Å². The highest BCUT2D eigenvalue weighted by Gasteiger charge is 2.18. The van der Waals surface area contributed by atoms with Gasteiger partial charge in [-0.25, -0.2) is 0 Å². The number of aliphatic carboxylic acids is 1. The highest BCUT2D eigenvalue weighted by molar-refractivity contribution is 5.98. The summed E-state index contributed by atoms with van der Waals surface area (Å²) < 4.78 is 4.55. The van der Waals surface area contributed by atoms with Gasteiger partial charge < -0.3 is 20.5 Å². The van der Waals surface area contributed by atoms with Gasteiger partial charge in [0.25, 0.3) is 11.8 Å². The van der Waals surface area contributed by atoms with E-state index in [4.69, 9.17) is 5.11 Å². The molecule has 0 radical (unpaired) electrons. The fourth-order valence-electron chi connectivity index (χ4n) is 3.76. The molecule has 41 heavy (non-hydrogen) atoms. The number of nitrogens with one attached hydrogen (secondary N) is 2. The molecule has 2 rings (SSSR count). The maximum Gasteiger partial charge on any atom is 0.305 e. The van der Waals surface area contributed by atoms with Crippen LogP contribution in [0.1, 0.15) is 85.9 Å². The lowest BCUT2D eigenvalue weighted by atomic mass is 10.0. The molecule has 2 aromatic carbocycles. The molecule has 3 N–H and O–H groups in total. The van der Waals surface area contributed by atoms with Gasteiger partial charge in [0.2, 0.25) is 0 Å². The summed E-state index contributed by atoms with van der Waals surface area (Å²) in [7, 11) is 1.35. The van der Waals surface area contributed by atoms with Crippen molar-refractivity contribution in [1.82, 2.24) is 10.6 Å². The molecule has 2 aromatic rings. The zero-order valence-corrected chi connectivity index (χ0v) is 23.9. The Morgan fingerprint density at radius 2 is 1.05 bits per heavy atom. The number of esters is 1. The van der Waals surface area contributed by atoms with Crippen molar-refractivity contribution in [1.29, 1.82) is 0 Å². The van der Waals surface area contributed by atoms with E-state index in [1.807, 2.05) is 12.1 Å². The molecule has 10 heteroatoms. The normalized spacial score (nSPS) is 11.6. The Labute approximate surface area is 240 Å². The maximum absolute atomic E-state index is 12.0. The fourth-order valence-corrected chi connectivity index (χ4v) is 3.76. The Bertz CT molecular complexity index is 1140. The van der Waals surface area contributed by atoms with E-state index in [0.29, 0.717) is 56.1 Å². The number of ketones is 2. The topological polar surface area (TPSA) is 156 Å². The third-order valence-electron chi connectivity index (χ3n) is 6.15. The monoisotopic (exact) mass is 568 g/mol. The van der Waals surface area contributed by atoms with Crippen LogP contribution in [0.15, 0.2) is 60.7 Å². The van der Waals surface area contributed by atoms with Gasteiger partial charge in [0.05, 0.1) is 19.2 Å². The fraction of sp³-hybridized carbons (Fsp3) is 0.419. The summed E-state index contributed by atoms with van der Waals surface area (Å²) in [4.78, 5) is 68.4. The van der Waals surface area contributed by atoms with E-state index in [9.17, 15) is 28.8 Å². The molecule has 222 valence electrons. The molecule has 0 fully saturated rings. The van der Waals surface area contributed by atoms with Crippen molar-refractivity contribution >= 4 is 35.3 Å². The first-order valence-electron chi connectivity index (χ1n) is 13.6. The second-order valence-corrected chi connectivity index (χ2v) is 9.47. The Kier molecular flexibility index (Phi) is 16.6. The van der Waals surface area contributed by atoms with Gasteiger partial charge in [-0.05, 0) is 63.8 Å². The van der Waals surface area contributed by atoms with E-state index in [-0.39, 0.29) is 35.8 Å². The summed E-state index contributed by atoms with van der Waals surface area (Å²) >= 11 is 0. The van der Waals surface area contributed by atoms with Crippen molar-refractivity contribution in [2.24, 2.45) is 0 Å². The lowest BCUT2D eigenvalue weighted by Crippen LogP contribution is -2.39. The molecule has 0 aliphatic carbocycles. The first-order chi connectivity index (χ1) is 19.5. The standard InChI is InChI=1S/C16H21NO4.C15H19NO4/c1-12(18)14(10-6-7-11-15(19)21-2)17-16(20)13-8-4-3-5-9-13;1-11(17)13(9-5-6-10-14(18)19)16-15(20)12-7-3-2-4-8-12/h3-5,8-9,14H,6-7,10-11H2,1-2H3,(H,17,20);2-4,7-8,13H,5-6,9-10H2,1H3,(H,16,20)(H,18,19). The number of amides is 2. The van der Waals surface area contributed by atoms with Crippen molar-refractivity contribution in [3.63, 3.8) is 0 Å². The molecule has 0 aliphatic heterocycles. The van der Waals surface area contributed by atoms with Gasteiger partial charge in [0.1, 0.15) is 0 Å². The summed E-state index contributed by atoms with van der Waals surface area (Å²) in [5.74, 6) is -1.87.